The van der Waals surface area contributed by atoms with Crippen molar-refractivity contribution < 1.29 is 4.79 Å². The van der Waals surface area contributed by atoms with Crippen LogP contribution in [0.1, 0.15) is 35.3 Å². The first-order chi connectivity index (χ1) is 9.08. The Hall–Kier alpha value is -1.95. The fourth-order valence-corrected chi connectivity index (χ4v) is 2.69. The van der Waals surface area contributed by atoms with Gasteiger partial charge in [0, 0.05) is 4.88 Å². The first-order valence-corrected chi connectivity index (χ1v) is 6.87. The standard InChI is InChI=1S/C13H16N4OS/c1-8(2)12(10-4-3-5-19-10)17-13(18)9-6-15-7-11(14)16-9/h3-8,12H,1-2H3,(H2,14,16)(H,17,18). The molecule has 2 aromatic heterocycles. The molecule has 0 bridgehead atoms. The maximum absolute atomic E-state index is 12.1. The van der Waals surface area contributed by atoms with E-state index in [4.69, 9.17) is 5.73 Å². The maximum Gasteiger partial charge on any atom is 0.272 e. The van der Waals surface area contributed by atoms with Crippen LogP contribution in [0.25, 0.3) is 0 Å². The van der Waals surface area contributed by atoms with Gasteiger partial charge in [-0.25, -0.2) is 4.98 Å². The Morgan fingerprint density at radius 3 is 2.79 bits per heavy atom. The van der Waals surface area contributed by atoms with Gasteiger partial charge in [-0.05, 0) is 17.4 Å². The number of anilines is 1. The van der Waals surface area contributed by atoms with Crippen LogP contribution in [0.5, 0.6) is 0 Å². The largest absolute Gasteiger partial charge is 0.382 e. The van der Waals surface area contributed by atoms with Gasteiger partial charge < -0.3 is 11.1 Å². The number of carbonyl (C=O) groups excluding carboxylic acids is 1. The van der Waals surface area contributed by atoms with Crippen LogP contribution < -0.4 is 11.1 Å². The van der Waals surface area contributed by atoms with Gasteiger partial charge in [0.05, 0.1) is 18.4 Å². The average Bonchev–Trinajstić information content (AvgIpc) is 2.88. The predicted molar refractivity (Wildman–Crippen MR) is 75.8 cm³/mol. The molecule has 3 N–H and O–H groups in total. The summed E-state index contributed by atoms with van der Waals surface area (Å²) < 4.78 is 0. The van der Waals surface area contributed by atoms with E-state index in [2.05, 4.69) is 29.1 Å². The van der Waals surface area contributed by atoms with Crippen molar-refractivity contribution in [1.29, 1.82) is 0 Å². The molecule has 0 saturated heterocycles. The molecule has 1 atom stereocenters. The van der Waals surface area contributed by atoms with Crippen LogP contribution in [0.2, 0.25) is 0 Å². The van der Waals surface area contributed by atoms with Gasteiger partial charge in [0.2, 0.25) is 0 Å². The highest BCUT2D eigenvalue weighted by molar-refractivity contribution is 7.10. The molecule has 0 aliphatic rings. The summed E-state index contributed by atoms with van der Waals surface area (Å²) in [7, 11) is 0. The van der Waals surface area contributed by atoms with Crippen LogP contribution in [0, 0.1) is 5.92 Å². The minimum atomic E-state index is -0.257. The normalized spacial score (nSPS) is 12.4. The molecule has 0 radical (unpaired) electrons. The number of nitrogens with zero attached hydrogens (tertiary/aromatic N) is 2. The second kappa shape index (κ2) is 5.79. The Balaban J connectivity index is 2.16. The zero-order valence-electron chi connectivity index (χ0n) is 10.8. The number of thiophene rings is 1. The highest BCUT2D eigenvalue weighted by Gasteiger charge is 2.20. The first-order valence-electron chi connectivity index (χ1n) is 5.99. The minimum absolute atomic E-state index is 0.0317. The molecule has 0 aromatic carbocycles. The zero-order chi connectivity index (χ0) is 13.8. The van der Waals surface area contributed by atoms with Crippen molar-refractivity contribution in [3.63, 3.8) is 0 Å². The molecule has 0 aliphatic carbocycles. The van der Waals surface area contributed by atoms with Gasteiger partial charge in [0.15, 0.2) is 0 Å². The molecule has 1 amide bonds. The molecule has 0 aliphatic heterocycles. The second-order valence-electron chi connectivity index (χ2n) is 4.54. The summed E-state index contributed by atoms with van der Waals surface area (Å²) in [6.07, 6.45) is 2.83. The lowest BCUT2D eigenvalue weighted by Crippen LogP contribution is -2.32. The number of hydrogen-bond acceptors (Lipinski definition) is 5. The monoisotopic (exact) mass is 276 g/mol. The molecule has 0 saturated carbocycles. The van der Waals surface area contributed by atoms with Gasteiger partial charge in [-0.15, -0.1) is 11.3 Å². The van der Waals surface area contributed by atoms with Crippen molar-refractivity contribution in [3.8, 4) is 0 Å². The van der Waals surface area contributed by atoms with E-state index in [0.29, 0.717) is 0 Å². The number of aromatic nitrogens is 2. The SMILES string of the molecule is CC(C)C(NC(=O)c1cncc(N)n1)c1cccs1. The molecule has 0 fully saturated rings. The number of hydrogen-bond donors (Lipinski definition) is 2. The maximum atomic E-state index is 12.1. The Labute approximate surface area is 115 Å². The first kappa shape index (κ1) is 13.5. The molecule has 1 unspecified atom stereocenters. The quantitative estimate of drug-likeness (QED) is 0.897. The third-order valence-electron chi connectivity index (χ3n) is 2.69. The summed E-state index contributed by atoms with van der Waals surface area (Å²) in [5.74, 6) is 0.272. The number of nitrogens with one attached hydrogen (secondary N) is 1. The van der Waals surface area contributed by atoms with Crippen molar-refractivity contribution >= 4 is 23.1 Å². The second-order valence-corrected chi connectivity index (χ2v) is 5.52. The third kappa shape index (κ3) is 3.29. The van der Waals surface area contributed by atoms with E-state index < -0.39 is 0 Å². The van der Waals surface area contributed by atoms with Crippen molar-refractivity contribution in [2.75, 3.05) is 5.73 Å². The molecule has 5 nitrogen and oxygen atoms in total. The summed E-state index contributed by atoms with van der Waals surface area (Å²) in [5.41, 5.74) is 5.77. The van der Waals surface area contributed by atoms with Crippen LogP contribution in [0.15, 0.2) is 29.9 Å². The summed E-state index contributed by atoms with van der Waals surface area (Å²) in [5, 5.41) is 4.97. The van der Waals surface area contributed by atoms with Crippen molar-refractivity contribution in [2.24, 2.45) is 5.92 Å². The number of nitrogens with two attached hydrogens (primary N) is 1. The smallest absolute Gasteiger partial charge is 0.272 e. The molecule has 100 valence electrons. The molecule has 6 heteroatoms. The van der Waals surface area contributed by atoms with Gasteiger partial charge in [0.25, 0.3) is 5.91 Å². The highest BCUT2D eigenvalue weighted by atomic mass is 32.1. The van der Waals surface area contributed by atoms with Crippen LogP contribution in [0.4, 0.5) is 5.82 Å². The summed E-state index contributed by atoms with van der Waals surface area (Å²) in [6.45, 7) is 4.13. The van der Waals surface area contributed by atoms with Crippen molar-refractivity contribution in [3.05, 3.63) is 40.5 Å². The fraction of sp³-hybridized carbons (Fsp3) is 0.308. The van der Waals surface area contributed by atoms with E-state index in [1.54, 1.807) is 11.3 Å². The molecule has 2 heterocycles. The highest BCUT2D eigenvalue weighted by Crippen LogP contribution is 2.25. The lowest BCUT2D eigenvalue weighted by atomic mass is 10.0. The number of amides is 1. The topological polar surface area (TPSA) is 80.9 Å². The van der Waals surface area contributed by atoms with Gasteiger partial charge in [-0.1, -0.05) is 19.9 Å². The van der Waals surface area contributed by atoms with Crippen molar-refractivity contribution in [2.45, 2.75) is 19.9 Å². The average molecular weight is 276 g/mol. The van der Waals surface area contributed by atoms with Crippen LogP contribution in [0.3, 0.4) is 0 Å². The molecule has 0 spiro atoms. The molecular formula is C13H16N4OS. The minimum Gasteiger partial charge on any atom is -0.382 e. The Morgan fingerprint density at radius 2 is 2.21 bits per heavy atom. The predicted octanol–water partition coefficient (Wildman–Crippen LogP) is 2.25. The number of carbonyl (C=O) groups is 1. The Kier molecular flexibility index (Phi) is 4.11. The van der Waals surface area contributed by atoms with Crippen LogP contribution in [-0.4, -0.2) is 15.9 Å². The van der Waals surface area contributed by atoms with E-state index in [9.17, 15) is 4.79 Å². The number of rotatable bonds is 4. The summed E-state index contributed by atoms with van der Waals surface area (Å²) >= 11 is 1.62. The van der Waals surface area contributed by atoms with Crippen LogP contribution in [-0.2, 0) is 0 Å². The van der Waals surface area contributed by atoms with E-state index in [0.717, 1.165) is 4.88 Å². The molecular weight excluding hydrogens is 260 g/mol. The van der Waals surface area contributed by atoms with E-state index in [1.165, 1.54) is 12.4 Å². The summed E-state index contributed by atoms with van der Waals surface area (Å²) in [4.78, 5) is 21.1. The van der Waals surface area contributed by atoms with E-state index in [-0.39, 0.29) is 29.4 Å². The van der Waals surface area contributed by atoms with Gasteiger partial charge in [-0.2, -0.15) is 0 Å². The van der Waals surface area contributed by atoms with E-state index in [1.807, 2.05) is 17.5 Å². The molecule has 2 aromatic rings. The van der Waals surface area contributed by atoms with Gasteiger partial charge in [0.1, 0.15) is 11.5 Å². The van der Waals surface area contributed by atoms with Gasteiger partial charge >= 0.3 is 0 Å². The van der Waals surface area contributed by atoms with Crippen molar-refractivity contribution in [1.82, 2.24) is 15.3 Å². The van der Waals surface area contributed by atoms with Gasteiger partial charge in [-0.3, -0.25) is 9.78 Å². The lowest BCUT2D eigenvalue weighted by Gasteiger charge is -2.20. The fourth-order valence-electron chi connectivity index (χ4n) is 1.74. The van der Waals surface area contributed by atoms with Crippen LogP contribution >= 0.6 is 11.3 Å². The Morgan fingerprint density at radius 1 is 1.42 bits per heavy atom. The summed E-state index contributed by atoms with van der Waals surface area (Å²) in [6, 6.07) is 3.96. The zero-order valence-corrected chi connectivity index (χ0v) is 11.6. The molecule has 2 rings (SSSR count). The Bertz CT molecular complexity index is 554. The lowest BCUT2D eigenvalue weighted by molar-refractivity contribution is 0.0921. The molecule has 19 heavy (non-hydrogen) atoms. The third-order valence-corrected chi connectivity index (χ3v) is 3.64. The number of nitrogen functional groups attached to an aromatic ring is 1. The van der Waals surface area contributed by atoms with E-state index >= 15 is 0 Å².